The number of hydrogen-bond acceptors (Lipinski definition) is 6. The predicted molar refractivity (Wildman–Crippen MR) is 86.2 cm³/mol. The van der Waals surface area contributed by atoms with Crippen LogP contribution in [0.1, 0.15) is 34.7 Å². The van der Waals surface area contributed by atoms with Gasteiger partial charge in [0.05, 0.1) is 0 Å². The molecule has 0 unspecified atom stereocenters. The van der Waals surface area contributed by atoms with Crippen molar-refractivity contribution in [2.45, 2.75) is 18.8 Å². The van der Waals surface area contributed by atoms with Gasteiger partial charge < -0.3 is 19.8 Å². The molecule has 126 valence electrons. The molecular weight excluding hydrogens is 332 g/mol. The van der Waals surface area contributed by atoms with Gasteiger partial charge >= 0.3 is 11.4 Å². The van der Waals surface area contributed by atoms with Crippen LogP contribution < -0.4 is 10.5 Å². The molecule has 0 aliphatic carbocycles. The third-order valence-corrected chi connectivity index (χ3v) is 5.08. The van der Waals surface area contributed by atoms with Gasteiger partial charge in [0.15, 0.2) is 0 Å². The van der Waals surface area contributed by atoms with Gasteiger partial charge in [0.25, 0.3) is 0 Å². The highest BCUT2D eigenvalue weighted by Crippen LogP contribution is 2.41. The minimum absolute atomic E-state index is 0.0355. The number of aromatic nitrogens is 2. The molecule has 0 saturated carbocycles. The molecule has 1 aromatic carbocycles. The van der Waals surface area contributed by atoms with Crippen LogP contribution in [-0.2, 0) is 0 Å². The smallest absolute Gasteiger partial charge is 0.410 e. The number of halogens is 1. The van der Waals surface area contributed by atoms with Gasteiger partial charge in [0, 0.05) is 18.0 Å². The normalized spacial score (nSPS) is 25.6. The summed E-state index contributed by atoms with van der Waals surface area (Å²) in [7, 11) is 0. The first-order chi connectivity index (χ1) is 11.6. The summed E-state index contributed by atoms with van der Waals surface area (Å²) in [6, 6.07) is 5.22. The van der Waals surface area contributed by atoms with Crippen LogP contribution in [0.3, 0.4) is 0 Å². The Morgan fingerprint density at radius 1 is 1.33 bits per heavy atom. The summed E-state index contributed by atoms with van der Waals surface area (Å²) in [5.74, 6) is 0.951. The largest absolute Gasteiger partial charge is 0.421 e. The number of piperidine rings is 3. The summed E-state index contributed by atoms with van der Waals surface area (Å²) in [5.41, 5.74) is 7.05. The molecule has 3 aliphatic rings. The lowest BCUT2D eigenvalue weighted by atomic mass is 9.74. The molecule has 8 heteroatoms. The second-order valence-corrected chi connectivity index (χ2v) is 6.60. The van der Waals surface area contributed by atoms with Crippen LogP contribution in [0.4, 0.5) is 0 Å². The number of carbonyl (C=O) groups excluding carboxylic acids is 1. The molecule has 24 heavy (non-hydrogen) atoms. The Kier molecular flexibility index (Phi) is 3.90. The highest BCUT2D eigenvalue weighted by molar-refractivity contribution is 6.27. The van der Waals surface area contributed by atoms with Gasteiger partial charge in [-0.1, -0.05) is 10.2 Å². The van der Waals surface area contributed by atoms with Crippen molar-refractivity contribution in [1.82, 2.24) is 15.1 Å². The van der Waals surface area contributed by atoms with Crippen LogP contribution in [0.15, 0.2) is 22.6 Å². The number of amides is 1. The first-order valence-corrected chi connectivity index (χ1v) is 8.31. The maximum absolute atomic E-state index is 11.9. The number of nitrogens with two attached hydrogens (primary N) is 1. The number of hydrogen-bond donors (Lipinski definition) is 1. The van der Waals surface area contributed by atoms with Crippen LogP contribution in [0.5, 0.6) is 11.8 Å². The van der Waals surface area contributed by atoms with Crippen molar-refractivity contribution in [2.75, 3.05) is 19.6 Å². The van der Waals surface area contributed by atoms with Gasteiger partial charge in [-0.3, -0.25) is 4.79 Å². The quantitative estimate of drug-likeness (QED) is 0.911. The third kappa shape index (κ3) is 2.85. The van der Waals surface area contributed by atoms with Crippen molar-refractivity contribution in [1.29, 1.82) is 0 Å². The minimum Gasteiger partial charge on any atom is -0.410 e. The number of nitrogens with zero attached hydrogens (tertiary/aromatic N) is 3. The highest BCUT2D eigenvalue weighted by Gasteiger charge is 2.36. The molecule has 1 aromatic heterocycles. The van der Waals surface area contributed by atoms with Gasteiger partial charge in [-0.25, -0.2) is 0 Å². The van der Waals surface area contributed by atoms with E-state index >= 15 is 0 Å². The van der Waals surface area contributed by atoms with Crippen LogP contribution >= 0.6 is 11.6 Å². The standard InChI is InChI=1S/C16H17ClN4O3/c17-15-19-20-16(24-15)23-10-1-2-11(14(18)22)12(7-10)13-8-21-5-3-9(13)4-6-21/h1-2,7,9,13H,3-6,8H2,(H2,18,22)/t13-/m1/s1. The van der Waals surface area contributed by atoms with E-state index in [0.29, 0.717) is 17.2 Å². The van der Waals surface area contributed by atoms with Gasteiger partial charge in [0.1, 0.15) is 5.75 Å². The Morgan fingerprint density at radius 3 is 2.71 bits per heavy atom. The van der Waals surface area contributed by atoms with Crippen molar-refractivity contribution in [3.05, 3.63) is 34.7 Å². The Morgan fingerprint density at radius 2 is 2.12 bits per heavy atom. The van der Waals surface area contributed by atoms with E-state index in [-0.39, 0.29) is 17.3 Å². The molecule has 3 aliphatic heterocycles. The van der Waals surface area contributed by atoms with Gasteiger partial charge in [-0.05, 0) is 67.2 Å². The Bertz CT molecular complexity index is 770. The summed E-state index contributed by atoms with van der Waals surface area (Å²) in [6.07, 6.45) is 2.26. The number of fused-ring (bicyclic) bond motifs is 3. The summed E-state index contributed by atoms with van der Waals surface area (Å²) in [6.45, 7) is 3.20. The van der Waals surface area contributed by atoms with Crippen molar-refractivity contribution < 1.29 is 13.9 Å². The van der Waals surface area contributed by atoms with Crippen LogP contribution in [0.25, 0.3) is 0 Å². The van der Waals surface area contributed by atoms with E-state index < -0.39 is 5.91 Å². The molecule has 1 atom stereocenters. The molecule has 2 N–H and O–H groups in total. The zero-order chi connectivity index (χ0) is 16.7. The molecule has 3 fully saturated rings. The zero-order valence-electron chi connectivity index (χ0n) is 12.9. The van der Waals surface area contributed by atoms with E-state index in [2.05, 4.69) is 15.1 Å². The first-order valence-electron chi connectivity index (χ1n) is 7.93. The predicted octanol–water partition coefficient (Wildman–Crippen LogP) is 2.42. The van der Waals surface area contributed by atoms with E-state index in [0.717, 1.165) is 38.0 Å². The minimum atomic E-state index is -0.422. The van der Waals surface area contributed by atoms with E-state index in [4.69, 9.17) is 26.5 Å². The van der Waals surface area contributed by atoms with Gasteiger partial charge in [-0.15, -0.1) is 0 Å². The first kappa shape index (κ1) is 15.4. The van der Waals surface area contributed by atoms with E-state index in [1.807, 2.05) is 6.07 Å². The molecule has 4 heterocycles. The summed E-state index contributed by atoms with van der Waals surface area (Å²) in [4.78, 5) is 14.3. The number of carbonyl (C=O) groups is 1. The second kappa shape index (κ2) is 6.07. The van der Waals surface area contributed by atoms with E-state index in [1.54, 1.807) is 12.1 Å². The fourth-order valence-electron chi connectivity index (χ4n) is 3.79. The number of rotatable bonds is 4. The number of ether oxygens (including phenoxy) is 1. The number of primary amides is 1. The Labute approximate surface area is 143 Å². The fraction of sp³-hybridized carbons (Fsp3) is 0.438. The highest BCUT2D eigenvalue weighted by atomic mass is 35.5. The van der Waals surface area contributed by atoms with Crippen LogP contribution in [-0.4, -0.2) is 40.6 Å². The zero-order valence-corrected chi connectivity index (χ0v) is 13.7. The topological polar surface area (TPSA) is 94.5 Å². The molecular formula is C16H17ClN4O3. The van der Waals surface area contributed by atoms with Crippen molar-refractivity contribution in [2.24, 2.45) is 11.7 Å². The summed E-state index contributed by atoms with van der Waals surface area (Å²) >= 11 is 5.60. The van der Waals surface area contributed by atoms with Crippen LogP contribution in [0.2, 0.25) is 5.35 Å². The molecule has 0 spiro atoms. The van der Waals surface area contributed by atoms with Crippen molar-refractivity contribution in [3.63, 3.8) is 0 Å². The lowest BCUT2D eigenvalue weighted by molar-refractivity contribution is 0.0855. The van der Waals surface area contributed by atoms with Crippen molar-refractivity contribution >= 4 is 17.5 Å². The maximum atomic E-state index is 11.9. The molecule has 0 radical (unpaired) electrons. The molecule has 7 nitrogen and oxygen atoms in total. The second-order valence-electron chi connectivity index (χ2n) is 6.28. The molecule has 5 rings (SSSR count). The molecule has 2 bridgehead atoms. The Balaban J connectivity index is 1.67. The number of benzene rings is 1. The molecule has 3 saturated heterocycles. The van der Waals surface area contributed by atoms with Crippen molar-refractivity contribution in [3.8, 4) is 11.8 Å². The van der Waals surface area contributed by atoms with Crippen LogP contribution in [0, 0.1) is 5.92 Å². The summed E-state index contributed by atoms with van der Waals surface area (Å²) < 4.78 is 10.6. The third-order valence-electron chi connectivity index (χ3n) is 4.93. The summed E-state index contributed by atoms with van der Waals surface area (Å²) in [5, 5.41) is 7.14. The van der Waals surface area contributed by atoms with E-state index in [9.17, 15) is 4.79 Å². The van der Waals surface area contributed by atoms with Gasteiger partial charge in [-0.2, -0.15) is 0 Å². The van der Waals surface area contributed by atoms with Gasteiger partial charge in [0.2, 0.25) is 5.91 Å². The maximum Gasteiger partial charge on any atom is 0.421 e. The Hall–Kier alpha value is -2.12. The lowest BCUT2D eigenvalue weighted by Gasteiger charge is -2.45. The average Bonchev–Trinajstić information content (AvgIpc) is 3.00. The average molecular weight is 349 g/mol. The monoisotopic (exact) mass is 348 g/mol. The lowest BCUT2D eigenvalue weighted by Crippen LogP contribution is -2.46. The fourth-order valence-corrected chi connectivity index (χ4v) is 3.89. The molecule has 2 aromatic rings. The SMILES string of the molecule is NC(=O)c1ccc(Oc2nnc(Cl)o2)cc1[C@@H]1CN2CCC1CC2. The van der Waals surface area contributed by atoms with E-state index in [1.165, 1.54) is 0 Å². The molecule has 1 amide bonds.